The number of halogens is 2. The molecule has 2 aromatic carbocycles. The topological polar surface area (TPSA) is 88.5 Å². The van der Waals surface area contributed by atoms with E-state index in [1.807, 2.05) is 32.0 Å². The average molecular weight is 477 g/mol. The van der Waals surface area contributed by atoms with Gasteiger partial charge in [-0.05, 0) is 38.0 Å². The molecule has 1 fully saturated rings. The van der Waals surface area contributed by atoms with Crippen molar-refractivity contribution in [2.75, 3.05) is 26.1 Å². The molecule has 2 atom stereocenters. The standard InChI is InChI=1S/C23H26Cl2N4O3/c1-23(2,30)18-8-14(11-26-18)28-22-27-10-13-7-12(5-6-15(13)29-22)19-20(24)16(31-3)9-17(32-4)21(19)25/h5-7,9-10,14,18,26,30H,8,11H2,1-4H3,(H,27,28,29)/t14-,18?/m1/s1. The van der Waals surface area contributed by atoms with Crippen molar-refractivity contribution in [3.05, 3.63) is 40.5 Å². The van der Waals surface area contributed by atoms with Crippen molar-refractivity contribution in [2.24, 2.45) is 0 Å². The first-order chi connectivity index (χ1) is 15.2. The van der Waals surface area contributed by atoms with Crippen molar-refractivity contribution < 1.29 is 14.6 Å². The molecule has 2 heterocycles. The first-order valence-electron chi connectivity index (χ1n) is 10.3. The molecule has 4 rings (SSSR count). The number of nitrogens with zero attached hydrogens (tertiary/aromatic N) is 2. The third kappa shape index (κ3) is 4.43. The highest BCUT2D eigenvalue weighted by Crippen LogP contribution is 2.46. The first-order valence-corrected chi connectivity index (χ1v) is 11.1. The maximum absolute atomic E-state index is 10.2. The van der Waals surface area contributed by atoms with Crippen LogP contribution in [0.25, 0.3) is 22.0 Å². The van der Waals surface area contributed by atoms with Gasteiger partial charge in [0.1, 0.15) is 11.5 Å². The summed E-state index contributed by atoms with van der Waals surface area (Å²) in [4.78, 5) is 9.12. The lowest BCUT2D eigenvalue weighted by Crippen LogP contribution is -2.42. The Morgan fingerprint density at radius 2 is 1.81 bits per heavy atom. The zero-order chi connectivity index (χ0) is 23.0. The molecule has 7 nitrogen and oxygen atoms in total. The van der Waals surface area contributed by atoms with Gasteiger partial charge in [-0.15, -0.1) is 0 Å². The summed E-state index contributed by atoms with van der Waals surface area (Å²) in [7, 11) is 3.09. The Labute approximate surface area is 197 Å². The van der Waals surface area contributed by atoms with Crippen molar-refractivity contribution in [3.8, 4) is 22.6 Å². The lowest BCUT2D eigenvalue weighted by molar-refractivity contribution is 0.0446. The Morgan fingerprint density at radius 3 is 2.41 bits per heavy atom. The smallest absolute Gasteiger partial charge is 0.223 e. The second kappa shape index (κ2) is 8.90. The van der Waals surface area contributed by atoms with E-state index >= 15 is 0 Å². The normalized spacial score (nSPS) is 18.7. The van der Waals surface area contributed by atoms with Crippen LogP contribution in [0.1, 0.15) is 20.3 Å². The molecule has 0 aliphatic carbocycles. The molecule has 1 aliphatic heterocycles. The summed E-state index contributed by atoms with van der Waals surface area (Å²) >= 11 is 13.1. The number of aliphatic hydroxyl groups is 1. The van der Waals surface area contributed by atoms with Gasteiger partial charge >= 0.3 is 0 Å². The number of benzene rings is 2. The lowest BCUT2D eigenvalue weighted by Gasteiger charge is -2.25. The number of aromatic nitrogens is 2. The molecule has 0 radical (unpaired) electrons. The molecule has 1 saturated heterocycles. The molecule has 1 aromatic heterocycles. The molecule has 0 amide bonds. The summed E-state index contributed by atoms with van der Waals surface area (Å²) in [5.74, 6) is 1.51. The van der Waals surface area contributed by atoms with Gasteiger partial charge < -0.3 is 25.2 Å². The number of nitrogens with one attached hydrogen (secondary N) is 2. The minimum Gasteiger partial charge on any atom is -0.495 e. The molecule has 1 aliphatic rings. The molecule has 170 valence electrons. The molecule has 0 spiro atoms. The Morgan fingerprint density at radius 1 is 1.12 bits per heavy atom. The third-order valence-electron chi connectivity index (χ3n) is 5.76. The summed E-state index contributed by atoms with van der Waals surface area (Å²) in [5.41, 5.74) is 1.45. The lowest BCUT2D eigenvalue weighted by atomic mass is 9.96. The first kappa shape index (κ1) is 22.9. The van der Waals surface area contributed by atoms with E-state index < -0.39 is 5.60 Å². The molecular weight excluding hydrogens is 451 g/mol. The second-order valence-corrected chi connectivity index (χ2v) is 9.20. The van der Waals surface area contributed by atoms with Gasteiger partial charge in [-0.3, -0.25) is 0 Å². The molecule has 0 bridgehead atoms. The Balaban J connectivity index is 1.62. The highest BCUT2D eigenvalue weighted by molar-refractivity contribution is 6.41. The zero-order valence-corrected chi connectivity index (χ0v) is 19.9. The van der Waals surface area contributed by atoms with Crippen LogP contribution in [-0.4, -0.2) is 53.5 Å². The van der Waals surface area contributed by atoms with Crippen molar-refractivity contribution in [1.82, 2.24) is 15.3 Å². The molecule has 0 saturated carbocycles. The minimum absolute atomic E-state index is 0.0253. The molecule has 1 unspecified atom stereocenters. The highest BCUT2D eigenvalue weighted by Gasteiger charge is 2.34. The van der Waals surface area contributed by atoms with Crippen LogP contribution in [0.15, 0.2) is 30.5 Å². The Bertz CT molecular complexity index is 1120. The van der Waals surface area contributed by atoms with E-state index in [1.165, 1.54) is 0 Å². The highest BCUT2D eigenvalue weighted by atomic mass is 35.5. The largest absolute Gasteiger partial charge is 0.495 e. The molecule has 3 N–H and O–H groups in total. The summed E-state index contributed by atoms with van der Waals surface area (Å²) in [6, 6.07) is 7.58. The van der Waals surface area contributed by atoms with Crippen molar-refractivity contribution in [2.45, 2.75) is 38.0 Å². The molecular formula is C23H26Cl2N4O3. The van der Waals surface area contributed by atoms with Crippen molar-refractivity contribution >= 4 is 40.1 Å². The fraction of sp³-hybridized carbons (Fsp3) is 0.391. The number of hydrogen-bond donors (Lipinski definition) is 3. The number of rotatable bonds is 6. The average Bonchev–Trinajstić information content (AvgIpc) is 3.23. The van der Waals surface area contributed by atoms with E-state index in [4.69, 9.17) is 32.7 Å². The molecule has 32 heavy (non-hydrogen) atoms. The van der Waals surface area contributed by atoms with Crippen molar-refractivity contribution in [1.29, 1.82) is 0 Å². The van der Waals surface area contributed by atoms with Crippen molar-refractivity contribution in [3.63, 3.8) is 0 Å². The second-order valence-electron chi connectivity index (χ2n) is 8.44. The quantitative estimate of drug-likeness (QED) is 0.481. The molecule has 9 heteroatoms. The number of fused-ring (bicyclic) bond motifs is 1. The van der Waals surface area contributed by atoms with E-state index in [9.17, 15) is 5.11 Å². The number of methoxy groups -OCH3 is 2. The van der Waals surface area contributed by atoms with Gasteiger partial charge in [0.25, 0.3) is 0 Å². The van der Waals surface area contributed by atoms with Gasteiger partial charge in [0, 0.05) is 41.8 Å². The number of hydrogen-bond acceptors (Lipinski definition) is 7. The summed E-state index contributed by atoms with van der Waals surface area (Å²) in [6.45, 7) is 4.37. The fourth-order valence-corrected chi connectivity index (χ4v) is 4.68. The van der Waals surface area contributed by atoms with E-state index in [0.29, 0.717) is 33.1 Å². The predicted molar refractivity (Wildman–Crippen MR) is 128 cm³/mol. The van der Waals surface area contributed by atoms with Gasteiger partial charge in [-0.2, -0.15) is 0 Å². The van der Waals surface area contributed by atoms with Crippen LogP contribution in [0.3, 0.4) is 0 Å². The van der Waals surface area contributed by atoms with E-state index in [-0.39, 0.29) is 12.1 Å². The third-order valence-corrected chi connectivity index (χ3v) is 6.51. The maximum Gasteiger partial charge on any atom is 0.223 e. The van der Waals surface area contributed by atoms with Crippen LogP contribution in [0.5, 0.6) is 11.5 Å². The van der Waals surface area contributed by atoms with Gasteiger partial charge in [-0.25, -0.2) is 9.97 Å². The van der Waals surface area contributed by atoms with Crippen LogP contribution in [0.2, 0.25) is 10.0 Å². The van der Waals surface area contributed by atoms with E-state index in [2.05, 4.69) is 20.6 Å². The van der Waals surface area contributed by atoms with Crippen LogP contribution < -0.4 is 20.1 Å². The van der Waals surface area contributed by atoms with Gasteiger partial charge in [0.05, 0.1) is 35.4 Å². The summed E-state index contributed by atoms with van der Waals surface area (Å²) in [6.07, 6.45) is 2.56. The maximum atomic E-state index is 10.2. The van der Waals surface area contributed by atoms with Crippen LogP contribution in [-0.2, 0) is 0 Å². The predicted octanol–water partition coefficient (Wildman–Crippen LogP) is 4.53. The number of ether oxygens (including phenoxy) is 2. The van der Waals surface area contributed by atoms with Crippen LogP contribution in [0, 0.1) is 0 Å². The van der Waals surface area contributed by atoms with Crippen LogP contribution >= 0.6 is 23.2 Å². The van der Waals surface area contributed by atoms with E-state index in [1.54, 1.807) is 26.5 Å². The van der Waals surface area contributed by atoms with Gasteiger partial charge in [-0.1, -0.05) is 29.3 Å². The van der Waals surface area contributed by atoms with Crippen LogP contribution in [0.4, 0.5) is 5.95 Å². The summed E-state index contributed by atoms with van der Waals surface area (Å²) < 4.78 is 10.8. The Hall–Kier alpha value is -2.32. The van der Waals surface area contributed by atoms with Gasteiger partial charge in [0.2, 0.25) is 5.95 Å². The Kier molecular flexibility index (Phi) is 6.36. The minimum atomic E-state index is -0.775. The zero-order valence-electron chi connectivity index (χ0n) is 18.4. The fourth-order valence-electron chi connectivity index (χ4n) is 3.96. The van der Waals surface area contributed by atoms with Gasteiger partial charge in [0.15, 0.2) is 0 Å². The van der Waals surface area contributed by atoms with E-state index in [0.717, 1.165) is 29.4 Å². The monoisotopic (exact) mass is 476 g/mol. The SMILES string of the molecule is COc1cc(OC)c(Cl)c(-c2ccc3nc(N[C@H]4CNC(C(C)(C)O)C4)ncc3c2)c1Cl. The number of anilines is 1. The summed E-state index contributed by atoms with van der Waals surface area (Å²) in [5, 5.41) is 18.6. The molecule has 3 aromatic rings.